The molecule has 0 heterocycles. The van der Waals surface area contributed by atoms with Gasteiger partial charge in [-0.2, -0.15) is 0 Å². The van der Waals surface area contributed by atoms with Crippen LogP contribution in [0.3, 0.4) is 0 Å². The zero-order chi connectivity index (χ0) is 13.0. The Morgan fingerprint density at radius 3 is 2.56 bits per heavy atom. The molecule has 0 aromatic heterocycles. The van der Waals surface area contributed by atoms with Crippen LogP contribution < -0.4 is 4.74 Å². The van der Waals surface area contributed by atoms with Crippen molar-refractivity contribution < 1.29 is 13.9 Å². The van der Waals surface area contributed by atoms with Crippen molar-refractivity contribution in [3.63, 3.8) is 0 Å². The van der Waals surface area contributed by atoms with Crippen LogP contribution in [0.25, 0.3) is 0 Å². The Morgan fingerprint density at radius 1 is 1.17 bits per heavy atom. The molecule has 2 rings (SSSR count). The van der Waals surface area contributed by atoms with Crippen LogP contribution in [0.2, 0.25) is 0 Å². The van der Waals surface area contributed by atoms with Crippen LogP contribution in [0.1, 0.15) is 22.8 Å². The van der Waals surface area contributed by atoms with Crippen molar-refractivity contribution in [3.05, 3.63) is 65.5 Å². The van der Waals surface area contributed by atoms with Gasteiger partial charge in [-0.05, 0) is 30.7 Å². The van der Waals surface area contributed by atoms with E-state index in [4.69, 9.17) is 4.74 Å². The highest BCUT2D eigenvalue weighted by Gasteiger charge is 2.07. The number of carbonyl (C=O) groups excluding carboxylic acids is 1. The minimum atomic E-state index is -0.462. The molecule has 18 heavy (non-hydrogen) atoms. The lowest BCUT2D eigenvalue weighted by atomic mass is 10.1. The molecule has 2 nitrogen and oxygen atoms in total. The van der Waals surface area contributed by atoms with E-state index in [-0.39, 0.29) is 18.1 Å². The highest BCUT2D eigenvalue weighted by Crippen LogP contribution is 2.20. The monoisotopic (exact) mass is 244 g/mol. The maximum Gasteiger partial charge on any atom is 0.165 e. The van der Waals surface area contributed by atoms with Gasteiger partial charge < -0.3 is 4.74 Å². The van der Waals surface area contributed by atoms with Crippen LogP contribution in [-0.4, -0.2) is 5.78 Å². The highest BCUT2D eigenvalue weighted by molar-refractivity contribution is 5.94. The number of carbonyl (C=O) groups is 1. The van der Waals surface area contributed by atoms with Crippen LogP contribution in [0.4, 0.5) is 4.39 Å². The lowest BCUT2D eigenvalue weighted by molar-refractivity contribution is 0.101. The van der Waals surface area contributed by atoms with Gasteiger partial charge in [-0.25, -0.2) is 4.39 Å². The molecule has 0 fully saturated rings. The second kappa shape index (κ2) is 5.45. The number of Topliss-reactive ketones (excluding diaryl/α,β-unsaturated/α-hetero) is 1. The topological polar surface area (TPSA) is 26.3 Å². The van der Waals surface area contributed by atoms with Gasteiger partial charge in [-0.3, -0.25) is 4.79 Å². The molecule has 0 saturated carbocycles. The van der Waals surface area contributed by atoms with Crippen LogP contribution in [0.5, 0.6) is 5.75 Å². The van der Waals surface area contributed by atoms with Gasteiger partial charge in [0.25, 0.3) is 0 Å². The maximum atomic E-state index is 13.5. The molecule has 0 N–H and O–H groups in total. The summed E-state index contributed by atoms with van der Waals surface area (Å²) in [5.41, 5.74) is 1.39. The molecular weight excluding hydrogens is 231 g/mol. The van der Waals surface area contributed by atoms with Crippen LogP contribution in [0, 0.1) is 5.82 Å². The molecule has 0 atom stereocenters. The van der Waals surface area contributed by atoms with Gasteiger partial charge in [0, 0.05) is 5.56 Å². The lowest BCUT2D eigenvalue weighted by Gasteiger charge is -2.08. The number of hydrogen-bond acceptors (Lipinski definition) is 2. The molecule has 0 aliphatic heterocycles. The van der Waals surface area contributed by atoms with Gasteiger partial charge in [-0.15, -0.1) is 0 Å². The number of benzene rings is 2. The van der Waals surface area contributed by atoms with E-state index in [1.165, 1.54) is 25.1 Å². The Morgan fingerprint density at radius 2 is 1.89 bits per heavy atom. The van der Waals surface area contributed by atoms with E-state index in [2.05, 4.69) is 0 Å². The fourth-order valence-electron chi connectivity index (χ4n) is 1.57. The zero-order valence-corrected chi connectivity index (χ0v) is 10.0. The SMILES string of the molecule is CC(=O)c1ccc(F)c(OCc2ccccc2)c1. The Labute approximate surface area is 105 Å². The Hall–Kier alpha value is -2.16. The molecule has 0 aliphatic rings. The number of ketones is 1. The molecule has 0 aliphatic carbocycles. The summed E-state index contributed by atoms with van der Waals surface area (Å²) < 4.78 is 18.9. The molecule has 0 unspecified atom stereocenters. The average Bonchev–Trinajstić information content (AvgIpc) is 2.38. The fraction of sp³-hybridized carbons (Fsp3) is 0.133. The third kappa shape index (κ3) is 2.94. The summed E-state index contributed by atoms with van der Waals surface area (Å²) in [5, 5.41) is 0. The smallest absolute Gasteiger partial charge is 0.165 e. The number of rotatable bonds is 4. The summed E-state index contributed by atoms with van der Waals surface area (Å²) in [6.07, 6.45) is 0. The summed E-state index contributed by atoms with van der Waals surface area (Å²) in [4.78, 5) is 11.2. The minimum Gasteiger partial charge on any atom is -0.486 e. The number of ether oxygens (including phenoxy) is 1. The molecule has 0 radical (unpaired) electrons. The molecule has 3 heteroatoms. The average molecular weight is 244 g/mol. The molecule has 0 saturated heterocycles. The van der Waals surface area contributed by atoms with E-state index >= 15 is 0 Å². The van der Waals surface area contributed by atoms with E-state index in [0.717, 1.165) is 5.56 Å². The third-order valence-electron chi connectivity index (χ3n) is 2.57. The summed E-state index contributed by atoms with van der Waals surface area (Å²) in [6.45, 7) is 1.72. The highest BCUT2D eigenvalue weighted by atomic mass is 19.1. The van der Waals surface area contributed by atoms with Crippen molar-refractivity contribution in [2.24, 2.45) is 0 Å². The van der Waals surface area contributed by atoms with E-state index in [9.17, 15) is 9.18 Å². The standard InChI is InChI=1S/C15H13FO2/c1-11(17)13-7-8-14(16)15(9-13)18-10-12-5-3-2-4-6-12/h2-9H,10H2,1H3. The molecule has 0 bridgehead atoms. The Bertz CT molecular complexity index is 550. The van der Waals surface area contributed by atoms with Crippen molar-refractivity contribution in [1.82, 2.24) is 0 Å². The second-order valence-electron chi connectivity index (χ2n) is 3.98. The van der Waals surface area contributed by atoms with Crippen LogP contribution in [-0.2, 0) is 6.61 Å². The normalized spacial score (nSPS) is 10.1. The first-order chi connectivity index (χ1) is 8.66. The summed E-state index contributed by atoms with van der Waals surface area (Å²) in [7, 11) is 0. The second-order valence-corrected chi connectivity index (χ2v) is 3.98. The number of hydrogen-bond donors (Lipinski definition) is 0. The first kappa shape index (κ1) is 12.3. The molecule has 0 amide bonds. The zero-order valence-electron chi connectivity index (χ0n) is 10.0. The largest absolute Gasteiger partial charge is 0.486 e. The third-order valence-corrected chi connectivity index (χ3v) is 2.57. The first-order valence-corrected chi connectivity index (χ1v) is 5.64. The quantitative estimate of drug-likeness (QED) is 0.768. The van der Waals surface area contributed by atoms with E-state index in [1.54, 1.807) is 0 Å². The van der Waals surface area contributed by atoms with Gasteiger partial charge >= 0.3 is 0 Å². The predicted octanol–water partition coefficient (Wildman–Crippen LogP) is 3.61. The van der Waals surface area contributed by atoms with Gasteiger partial charge in [-0.1, -0.05) is 30.3 Å². The van der Waals surface area contributed by atoms with E-state index in [1.807, 2.05) is 30.3 Å². The maximum absolute atomic E-state index is 13.5. The van der Waals surface area contributed by atoms with Gasteiger partial charge in [0.2, 0.25) is 0 Å². The lowest BCUT2D eigenvalue weighted by Crippen LogP contribution is -2.00. The molecule has 92 valence electrons. The summed E-state index contributed by atoms with van der Waals surface area (Å²) >= 11 is 0. The van der Waals surface area contributed by atoms with Gasteiger partial charge in [0.05, 0.1) is 0 Å². The summed E-state index contributed by atoms with van der Waals surface area (Å²) in [6, 6.07) is 13.6. The Balaban J connectivity index is 2.14. The molecule has 2 aromatic carbocycles. The fourth-order valence-corrected chi connectivity index (χ4v) is 1.57. The van der Waals surface area contributed by atoms with Crippen molar-refractivity contribution in [2.45, 2.75) is 13.5 Å². The van der Waals surface area contributed by atoms with E-state index < -0.39 is 5.82 Å². The van der Waals surface area contributed by atoms with Gasteiger partial charge in [0.1, 0.15) is 6.61 Å². The molecule has 0 spiro atoms. The van der Waals surface area contributed by atoms with Crippen molar-refractivity contribution in [1.29, 1.82) is 0 Å². The summed E-state index contributed by atoms with van der Waals surface area (Å²) in [5.74, 6) is -0.470. The van der Waals surface area contributed by atoms with Gasteiger partial charge in [0.15, 0.2) is 17.3 Å². The first-order valence-electron chi connectivity index (χ1n) is 5.64. The van der Waals surface area contributed by atoms with Crippen molar-refractivity contribution in [2.75, 3.05) is 0 Å². The van der Waals surface area contributed by atoms with Crippen molar-refractivity contribution >= 4 is 5.78 Å². The van der Waals surface area contributed by atoms with Crippen molar-refractivity contribution in [3.8, 4) is 5.75 Å². The molecular formula is C15H13FO2. The predicted molar refractivity (Wildman–Crippen MR) is 67.2 cm³/mol. The molecule has 2 aromatic rings. The van der Waals surface area contributed by atoms with E-state index in [0.29, 0.717) is 5.56 Å². The van der Waals surface area contributed by atoms with Crippen LogP contribution in [0.15, 0.2) is 48.5 Å². The minimum absolute atomic E-state index is 0.103. The van der Waals surface area contributed by atoms with Crippen LogP contribution >= 0.6 is 0 Å². The Kier molecular flexibility index (Phi) is 3.72. The number of halogens is 1.